The lowest BCUT2D eigenvalue weighted by Gasteiger charge is -2.13. The van der Waals surface area contributed by atoms with Crippen LogP contribution in [0.2, 0.25) is 0 Å². The summed E-state index contributed by atoms with van der Waals surface area (Å²) in [6.07, 6.45) is 0.609. The minimum Gasteiger partial charge on any atom is -0.388 e. The van der Waals surface area contributed by atoms with E-state index in [1.54, 1.807) is 19.2 Å². The van der Waals surface area contributed by atoms with Crippen molar-refractivity contribution in [3.63, 3.8) is 0 Å². The van der Waals surface area contributed by atoms with E-state index in [1.165, 1.54) is 6.07 Å². The molecular weight excluding hydrogens is 240 g/mol. The number of sulfonamides is 1. The molecular formula is C11H14N2O3S. The number of amides is 1. The fraction of sp³-hybridized carbons (Fsp3) is 0.364. The number of hydrogen-bond donors (Lipinski definition) is 1. The van der Waals surface area contributed by atoms with Crippen molar-refractivity contribution < 1.29 is 13.2 Å². The number of benzene rings is 1. The molecule has 0 spiro atoms. The zero-order valence-corrected chi connectivity index (χ0v) is 10.5. The molecule has 0 saturated heterocycles. The molecule has 5 nitrogen and oxygen atoms in total. The lowest BCUT2D eigenvalue weighted by molar-refractivity contribution is 0.0871. The Kier molecular flexibility index (Phi) is 2.82. The average molecular weight is 254 g/mol. The molecule has 2 rings (SSSR count). The maximum Gasteiger partial charge on any atom is 0.269 e. The summed E-state index contributed by atoms with van der Waals surface area (Å²) in [7, 11) is -1.94. The summed E-state index contributed by atoms with van der Waals surface area (Å²) in [5.41, 5.74) is 0.941. The second-order valence-corrected chi connectivity index (χ2v) is 5.67. The van der Waals surface area contributed by atoms with E-state index in [-0.39, 0.29) is 17.0 Å². The molecule has 0 fully saturated rings. The Morgan fingerprint density at radius 1 is 1.35 bits per heavy atom. The van der Waals surface area contributed by atoms with Crippen LogP contribution in [0.5, 0.6) is 0 Å². The van der Waals surface area contributed by atoms with Crippen LogP contribution in [-0.4, -0.2) is 32.2 Å². The maximum absolute atomic E-state index is 12.1. The minimum atomic E-state index is -3.65. The minimum absolute atomic E-state index is 0.0998. The van der Waals surface area contributed by atoms with Gasteiger partial charge in [0.2, 0.25) is 0 Å². The van der Waals surface area contributed by atoms with E-state index >= 15 is 0 Å². The van der Waals surface area contributed by atoms with Gasteiger partial charge < -0.3 is 5.32 Å². The van der Waals surface area contributed by atoms with Gasteiger partial charge in [0, 0.05) is 19.3 Å². The van der Waals surface area contributed by atoms with E-state index in [9.17, 15) is 13.2 Å². The van der Waals surface area contributed by atoms with Crippen LogP contribution in [0, 0.1) is 0 Å². The van der Waals surface area contributed by atoms with Crippen molar-refractivity contribution in [3.8, 4) is 0 Å². The summed E-state index contributed by atoms with van der Waals surface area (Å²) in [6.45, 7) is 2.07. The largest absolute Gasteiger partial charge is 0.388 e. The number of carbonyl (C=O) groups is 1. The molecule has 0 saturated carbocycles. The van der Waals surface area contributed by atoms with E-state index in [4.69, 9.17) is 0 Å². The monoisotopic (exact) mass is 254 g/mol. The highest BCUT2D eigenvalue weighted by atomic mass is 32.2. The van der Waals surface area contributed by atoms with Crippen LogP contribution in [0.15, 0.2) is 23.1 Å². The van der Waals surface area contributed by atoms with E-state index in [0.29, 0.717) is 12.1 Å². The van der Waals surface area contributed by atoms with Crippen LogP contribution < -0.4 is 5.32 Å². The normalized spacial score (nSPS) is 17.1. The fourth-order valence-corrected chi connectivity index (χ4v) is 3.54. The average Bonchev–Trinajstić information content (AvgIpc) is 2.51. The van der Waals surface area contributed by atoms with E-state index < -0.39 is 15.9 Å². The van der Waals surface area contributed by atoms with Gasteiger partial charge in [0.15, 0.2) is 0 Å². The Morgan fingerprint density at radius 3 is 2.65 bits per heavy atom. The van der Waals surface area contributed by atoms with E-state index in [2.05, 4.69) is 5.32 Å². The van der Waals surface area contributed by atoms with Gasteiger partial charge >= 0.3 is 0 Å². The summed E-state index contributed by atoms with van der Waals surface area (Å²) >= 11 is 0. The van der Waals surface area contributed by atoms with Crippen LogP contribution in [-0.2, 0) is 10.0 Å². The quantitative estimate of drug-likeness (QED) is 0.882. The lowest BCUT2D eigenvalue weighted by Crippen LogP contribution is -2.30. The maximum atomic E-state index is 12.1. The molecule has 0 atom stereocenters. The van der Waals surface area contributed by atoms with Gasteiger partial charge in [-0.25, -0.2) is 12.7 Å². The number of nitrogens with one attached hydrogen (secondary N) is 1. The summed E-state index contributed by atoms with van der Waals surface area (Å²) < 4.78 is 25.2. The molecule has 1 aromatic carbocycles. The first kappa shape index (κ1) is 11.9. The number of rotatable bonds is 3. The van der Waals surface area contributed by atoms with Crippen molar-refractivity contribution in [2.75, 3.05) is 18.9 Å². The highest BCUT2D eigenvalue weighted by Crippen LogP contribution is 2.32. The Hall–Kier alpha value is -1.56. The van der Waals surface area contributed by atoms with Crippen molar-refractivity contribution in [3.05, 3.63) is 23.8 Å². The van der Waals surface area contributed by atoms with Gasteiger partial charge in [-0.15, -0.1) is 0 Å². The summed E-state index contributed by atoms with van der Waals surface area (Å²) in [5.74, 6) is -0.426. The number of nitrogens with zero attached hydrogens (tertiary/aromatic N) is 1. The fourth-order valence-electron chi connectivity index (χ4n) is 1.85. The number of carbonyl (C=O) groups excluding carboxylic acids is 1. The van der Waals surface area contributed by atoms with Gasteiger partial charge in [0.1, 0.15) is 4.90 Å². The topological polar surface area (TPSA) is 66.5 Å². The molecule has 1 aliphatic heterocycles. The van der Waals surface area contributed by atoms with Gasteiger partial charge in [0.25, 0.3) is 15.9 Å². The van der Waals surface area contributed by atoms with Crippen molar-refractivity contribution >= 4 is 21.6 Å². The molecule has 0 aliphatic carbocycles. The Morgan fingerprint density at radius 2 is 2.06 bits per heavy atom. The van der Waals surface area contributed by atoms with E-state index in [1.807, 2.05) is 6.92 Å². The summed E-state index contributed by atoms with van der Waals surface area (Å²) in [5, 5.41) is 2.86. The SMILES string of the molecule is CCCN1C(=O)c2ccc(NC)cc2S1(=O)=O. The van der Waals surface area contributed by atoms with Gasteiger partial charge in [-0.2, -0.15) is 0 Å². The lowest BCUT2D eigenvalue weighted by atomic mass is 10.2. The first-order chi connectivity index (χ1) is 8.02. The zero-order chi connectivity index (χ0) is 12.6. The Balaban J connectivity index is 2.59. The first-order valence-corrected chi connectivity index (χ1v) is 6.85. The molecule has 0 radical (unpaired) electrons. The van der Waals surface area contributed by atoms with Crippen LogP contribution in [0.25, 0.3) is 0 Å². The highest BCUT2D eigenvalue weighted by Gasteiger charge is 2.40. The molecule has 0 aromatic heterocycles. The van der Waals surface area contributed by atoms with Crippen molar-refractivity contribution in [1.29, 1.82) is 0 Å². The first-order valence-electron chi connectivity index (χ1n) is 5.41. The third kappa shape index (κ3) is 1.68. The second-order valence-electron chi connectivity index (χ2n) is 3.84. The predicted molar refractivity (Wildman–Crippen MR) is 64.5 cm³/mol. The van der Waals surface area contributed by atoms with Crippen LogP contribution in [0.4, 0.5) is 5.69 Å². The second kappa shape index (κ2) is 4.03. The molecule has 1 aliphatic rings. The molecule has 1 N–H and O–H groups in total. The smallest absolute Gasteiger partial charge is 0.269 e. The molecule has 0 unspecified atom stereocenters. The van der Waals surface area contributed by atoms with E-state index in [0.717, 1.165) is 4.31 Å². The summed E-state index contributed by atoms with van der Waals surface area (Å²) in [6, 6.07) is 4.75. The summed E-state index contributed by atoms with van der Waals surface area (Å²) in [4.78, 5) is 12.0. The van der Waals surface area contributed by atoms with Crippen molar-refractivity contribution in [2.45, 2.75) is 18.2 Å². The molecule has 1 heterocycles. The number of anilines is 1. The van der Waals surface area contributed by atoms with Crippen LogP contribution in [0.1, 0.15) is 23.7 Å². The molecule has 1 amide bonds. The standard InChI is InChI=1S/C11H14N2O3S/c1-3-6-13-11(14)9-5-4-8(12-2)7-10(9)17(13,15)16/h4-5,7,12H,3,6H2,1-2H3. The zero-order valence-electron chi connectivity index (χ0n) is 9.73. The van der Waals surface area contributed by atoms with Crippen LogP contribution >= 0.6 is 0 Å². The molecule has 0 bridgehead atoms. The third-order valence-electron chi connectivity index (χ3n) is 2.72. The molecule has 92 valence electrons. The highest BCUT2D eigenvalue weighted by molar-refractivity contribution is 7.90. The molecule has 1 aromatic rings. The van der Waals surface area contributed by atoms with Crippen molar-refractivity contribution in [1.82, 2.24) is 4.31 Å². The Labute approximate surface area is 100 Å². The van der Waals surface area contributed by atoms with Gasteiger partial charge in [-0.05, 0) is 24.6 Å². The van der Waals surface area contributed by atoms with Gasteiger partial charge in [-0.1, -0.05) is 6.92 Å². The third-order valence-corrected chi connectivity index (χ3v) is 4.54. The van der Waals surface area contributed by atoms with Gasteiger partial charge in [0.05, 0.1) is 5.56 Å². The number of fused-ring (bicyclic) bond motifs is 1. The van der Waals surface area contributed by atoms with Crippen LogP contribution in [0.3, 0.4) is 0 Å². The van der Waals surface area contributed by atoms with Crippen molar-refractivity contribution in [2.24, 2.45) is 0 Å². The molecule has 6 heteroatoms. The number of hydrogen-bond acceptors (Lipinski definition) is 4. The van der Waals surface area contributed by atoms with Gasteiger partial charge in [-0.3, -0.25) is 4.79 Å². The molecule has 17 heavy (non-hydrogen) atoms. The Bertz CT molecular complexity index is 566. The predicted octanol–water partition coefficient (Wildman–Crippen LogP) is 1.28.